The molecule has 1 aliphatic carbocycles. The minimum Gasteiger partial charge on any atom is -0.347 e. The minimum absolute atomic E-state index is 0.0257. The first-order valence-electron chi connectivity index (χ1n) is 14.4. The number of piperidine rings is 2. The predicted octanol–water partition coefficient (Wildman–Crippen LogP) is 6.02. The molecule has 0 bridgehead atoms. The topological polar surface area (TPSA) is 81.3 Å². The molecule has 6 rings (SSSR count). The van der Waals surface area contributed by atoms with Crippen LogP contribution in [0.25, 0.3) is 0 Å². The largest absolute Gasteiger partial charge is 0.416 e. The summed E-state index contributed by atoms with van der Waals surface area (Å²) in [5, 5.41) is 2.80. The molecule has 3 aromatic rings. The second-order valence-corrected chi connectivity index (χ2v) is 12.2. The summed E-state index contributed by atoms with van der Waals surface area (Å²) in [5.41, 5.74) is 2.67. The molecule has 3 aliphatic rings. The van der Waals surface area contributed by atoms with Crippen molar-refractivity contribution in [3.8, 4) is 0 Å². The van der Waals surface area contributed by atoms with E-state index < -0.39 is 23.7 Å². The Morgan fingerprint density at radius 3 is 2.48 bits per heavy atom. The number of aromatic nitrogens is 2. The van der Waals surface area contributed by atoms with Crippen molar-refractivity contribution >= 4 is 23.4 Å². The van der Waals surface area contributed by atoms with Crippen LogP contribution in [0.15, 0.2) is 48.9 Å². The zero-order valence-electron chi connectivity index (χ0n) is 23.1. The molecule has 2 aliphatic heterocycles. The van der Waals surface area contributed by atoms with Gasteiger partial charge in [0.15, 0.2) is 0 Å². The molecule has 1 aromatic heterocycles. The van der Waals surface area contributed by atoms with Gasteiger partial charge in [0.25, 0.3) is 11.8 Å². The van der Waals surface area contributed by atoms with Crippen molar-refractivity contribution in [2.45, 2.75) is 57.3 Å². The minimum atomic E-state index is -4.58. The van der Waals surface area contributed by atoms with Gasteiger partial charge in [-0.3, -0.25) is 14.5 Å². The normalized spacial score (nSPS) is 20.5. The quantitative estimate of drug-likeness (QED) is 0.376. The number of nitrogens with zero attached hydrogens (tertiary/aromatic N) is 3. The molecule has 2 aromatic carbocycles. The van der Waals surface area contributed by atoms with Crippen LogP contribution in [0, 0.1) is 5.41 Å². The number of benzene rings is 2. The highest BCUT2D eigenvalue weighted by Gasteiger charge is 2.39. The molecular formula is C31H33ClF3N5O2. The summed E-state index contributed by atoms with van der Waals surface area (Å²) in [6.07, 6.45) is 4.51. The Bertz CT molecular complexity index is 1460. The summed E-state index contributed by atoms with van der Waals surface area (Å²) in [6, 6.07) is 7.91. The highest BCUT2D eigenvalue weighted by molar-refractivity contribution is 6.33. The van der Waals surface area contributed by atoms with Crippen LogP contribution < -0.4 is 5.32 Å². The molecule has 11 heteroatoms. The summed E-state index contributed by atoms with van der Waals surface area (Å²) in [4.78, 5) is 38.2. The average molecular weight is 600 g/mol. The highest BCUT2D eigenvalue weighted by atomic mass is 35.5. The number of hydrogen-bond donors (Lipinski definition) is 2. The number of alkyl halides is 3. The SMILES string of the molecule is O=C(NC1CCc2ccc(C(=O)N3CCC4(CCN(Cc5cnc[nH]5)CC4)CC3)cc21)c1cc(C(F)(F)F)ccc1Cl. The van der Waals surface area contributed by atoms with E-state index in [0.29, 0.717) is 31.5 Å². The van der Waals surface area contributed by atoms with E-state index in [1.54, 1.807) is 6.33 Å². The maximum Gasteiger partial charge on any atom is 0.416 e. The summed E-state index contributed by atoms with van der Waals surface area (Å²) in [5.74, 6) is -0.695. The number of halogens is 4. The Kier molecular flexibility index (Phi) is 7.78. The molecule has 0 radical (unpaired) electrons. The monoisotopic (exact) mass is 599 g/mol. The van der Waals surface area contributed by atoms with Crippen LogP contribution in [-0.4, -0.2) is 57.8 Å². The maximum absolute atomic E-state index is 13.5. The third-order valence-corrected chi connectivity index (χ3v) is 9.62. The molecule has 2 N–H and O–H groups in total. The fourth-order valence-electron chi connectivity index (χ4n) is 6.66. The Balaban J connectivity index is 1.08. The number of carbonyl (C=O) groups excluding carboxylic acids is 2. The van der Waals surface area contributed by atoms with Crippen molar-refractivity contribution in [3.63, 3.8) is 0 Å². The number of H-pyrrole nitrogens is 1. The van der Waals surface area contributed by atoms with Crippen molar-refractivity contribution in [1.29, 1.82) is 0 Å². The molecule has 1 atom stereocenters. The fraction of sp³-hybridized carbons (Fsp3) is 0.452. The lowest BCUT2D eigenvalue weighted by Gasteiger charge is -2.46. The van der Waals surface area contributed by atoms with Gasteiger partial charge in [-0.15, -0.1) is 0 Å². The van der Waals surface area contributed by atoms with Gasteiger partial charge in [-0.25, -0.2) is 4.98 Å². The van der Waals surface area contributed by atoms with E-state index >= 15 is 0 Å². The van der Waals surface area contributed by atoms with Gasteiger partial charge in [0, 0.05) is 37.1 Å². The van der Waals surface area contributed by atoms with Gasteiger partial charge in [-0.2, -0.15) is 13.2 Å². The first-order chi connectivity index (χ1) is 20.1. The van der Waals surface area contributed by atoms with Crippen LogP contribution in [-0.2, 0) is 19.1 Å². The van der Waals surface area contributed by atoms with Gasteiger partial charge in [0.1, 0.15) is 0 Å². The predicted molar refractivity (Wildman–Crippen MR) is 152 cm³/mol. The number of aryl methyl sites for hydroxylation is 1. The number of likely N-dealkylation sites (tertiary alicyclic amines) is 2. The lowest BCUT2D eigenvalue weighted by molar-refractivity contribution is -0.137. The van der Waals surface area contributed by atoms with Crippen LogP contribution in [0.1, 0.15) is 81.2 Å². The zero-order valence-corrected chi connectivity index (χ0v) is 23.9. The number of carbonyl (C=O) groups is 2. The number of fused-ring (bicyclic) bond motifs is 1. The molecule has 2 amide bonds. The van der Waals surface area contributed by atoms with E-state index in [0.717, 1.165) is 80.3 Å². The molecule has 7 nitrogen and oxygen atoms in total. The molecule has 222 valence electrons. The Morgan fingerprint density at radius 1 is 1.05 bits per heavy atom. The van der Waals surface area contributed by atoms with Gasteiger partial charge in [-0.1, -0.05) is 17.7 Å². The Morgan fingerprint density at radius 2 is 1.79 bits per heavy atom. The van der Waals surface area contributed by atoms with E-state index in [2.05, 4.69) is 20.2 Å². The standard InChI is InChI=1S/C31H33ClF3N5O2/c32-26-5-4-22(31(33,34)35)16-25(26)28(41)38-27-6-3-20-1-2-21(15-24(20)27)29(42)40-13-9-30(10-14-40)7-11-39(12-8-30)18-23-17-36-19-37-23/h1-2,4-5,15-17,19,27H,3,6-14,18H2,(H,36,37)(H,38,41). The second-order valence-electron chi connectivity index (χ2n) is 11.8. The summed E-state index contributed by atoms with van der Waals surface area (Å²) in [6.45, 7) is 4.38. The third kappa shape index (κ3) is 5.92. The second kappa shape index (κ2) is 11.4. The van der Waals surface area contributed by atoms with E-state index in [4.69, 9.17) is 11.6 Å². The van der Waals surface area contributed by atoms with Crippen molar-refractivity contribution < 1.29 is 22.8 Å². The number of amides is 2. The molecule has 1 spiro atoms. The highest BCUT2D eigenvalue weighted by Crippen LogP contribution is 2.42. The molecule has 2 saturated heterocycles. The lowest BCUT2D eigenvalue weighted by Crippen LogP contribution is -2.48. The molecule has 1 unspecified atom stereocenters. The van der Waals surface area contributed by atoms with Crippen LogP contribution >= 0.6 is 11.6 Å². The van der Waals surface area contributed by atoms with Crippen molar-refractivity contribution in [2.75, 3.05) is 26.2 Å². The molecule has 2 fully saturated rings. The van der Waals surface area contributed by atoms with Gasteiger partial charge in [-0.05, 0) is 98.5 Å². The van der Waals surface area contributed by atoms with Gasteiger partial charge in [0.05, 0.1) is 28.5 Å². The first-order valence-corrected chi connectivity index (χ1v) is 14.8. The molecular weight excluding hydrogens is 567 g/mol. The summed E-state index contributed by atoms with van der Waals surface area (Å²) >= 11 is 6.08. The first kappa shape index (κ1) is 28.7. The fourth-order valence-corrected chi connectivity index (χ4v) is 6.86. The van der Waals surface area contributed by atoms with Crippen LogP contribution in [0.5, 0.6) is 0 Å². The van der Waals surface area contributed by atoms with Crippen molar-refractivity contribution in [3.05, 3.63) is 87.5 Å². The number of hydrogen-bond acceptors (Lipinski definition) is 4. The maximum atomic E-state index is 13.5. The molecule has 0 saturated carbocycles. The van der Waals surface area contributed by atoms with E-state index in [-0.39, 0.29) is 21.9 Å². The smallest absolute Gasteiger partial charge is 0.347 e. The third-order valence-electron chi connectivity index (χ3n) is 9.29. The number of imidazole rings is 1. The number of aromatic amines is 1. The Hall–Kier alpha value is -3.37. The van der Waals surface area contributed by atoms with Gasteiger partial charge >= 0.3 is 6.18 Å². The van der Waals surface area contributed by atoms with E-state index in [9.17, 15) is 22.8 Å². The van der Waals surface area contributed by atoms with Gasteiger partial charge in [0.2, 0.25) is 0 Å². The van der Waals surface area contributed by atoms with Crippen LogP contribution in [0.3, 0.4) is 0 Å². The molecule has 3 heterocycles. The summed E-state index contributed by atoms with van der Waals surface area (Å²) in [7, 11) is 0. The average Bonchev–Trinajstić information content (AvgIpc) is 3.64. The zero-order chi connectivity index (χ0) is 29.5. The van der Waals surface area contributed by atoms with E-state index in [1.807, 2.05) is 29.3 Å². The van der Waals surface area contributed by atoms with Crippen molar-refractivity contribution in [1.82, 2.24) is 25.1 Å². The van der Waals surface area contributed by atoms with E-state index in [1.165, 1.54) is 0 Å². The van der Waals surface area contributed by atoms with Crippen LogP contribution in [0.4, 0.5) is 13.2 Å². The number of nitrogens with one attached hydrogen (secondary N) is 2. The number of rotatable bonds is 5. The lowest BCUT2D eigenvalue weighted by atomic mass is 9.71. The van der Waals surface area contributed by atoms with Gasteiger partial charge < -0.3 is 15.2 Å². The van der Waals surface area contributed by atoms with Crippen molar-refractivity contribution in [2.24, 2.45) is 5.41 Å². The van der Waals surface area contributed by atoms with Crippen LogP contribution in [0.2, 0.25) is 5.02 Å². The summed E-state index contributed by atoms with van der Waals surface area (Å²) < 4.78 is 39.6. The Labute approximate surface area is 247 Å². The molecule has 42 heavy (non-hydrogen) atoms.